The molecule has 0 fully saturated rings. The lowest BCUT2D eigenvalue weighted by atomic mass is 10.2. The van der Waals surface area contributed by atoms with Gasteiger partial charge in [0, 0.05) is 21.8 Å². The van der Waals surface area contributed by atoms with Crippen LogP contribution in [0.4, 0.5) is 15.8 Å². The van der Waals surface area contributed by atoms with Gasteiger partial charge in [0.25, 0.3) is 15.9 Å². The fourth-order valence-corrected chi connectivity index (χ4v) is 3.89. The first kappa shape index (κ1) is 19.9. The van der Waals surface area contributed by atoms with Crippen molar-refractivity contribution >= 4 is 39.1 Å². The number of thioether (sulfide) groups is 1. The normalized spacial score (nSPS) is 11.1. The lowest BCUT2D eigenvalue weighted by Crippen LogP contribution is -2.14. The third-order valence-electron chi connectivity index (χ3n) is 3.85. The van der Waals surface area contributed by atoms with Gasteiger partial charge in [-0.2, -0.15) is 0 Å². The first-order valence-corrected chi connectivity index (χ1v) is 10.9. The molecule has 0 radical (unpaired) electrons. The zero-order chi connectivity index (χ0) is 20.1. The second-order valence-corrected chi connectivity index (χ2v) is 8.38. The molecule has 3 aromatic carbocycles. The van der Waals surface area contributed by atoms with Gasteiger partial charge in [-0.1, -0.05) is 6.07 Å². The van der Waals surface area contributed by atoms with E-state index in [4.69, 9.17) is 0 Å². The molecular weight excluding hydrogens is 399 g/mol. The summed E-state index contributed by atoms with van der Waals surface area (Å²) >= 11 is 1.52. The van der Waals surface area contributed by atoms with E-state index >= 15 is 0 Å². The number of hydrogen-bond acceptors (Lipinski definition) is 4. The minimum Gasteiger partial charge on any atom is -0.322 e. The number of benzene rings is 3. The first-order chi connectivity index (χ1) is 13.4. The summed E-state index contributed by atoms with van der Waals surface area (Å²) in [5.74, 6) is -0.874. The Morgan fingerprint density at radius 3 is 2.21 bits per heavy atom. The van der Waals surface area contributed by atoms with Crippen LogP contribution in [-0.4, -0.2) is 20.6 Å². The third kappa shape index (κ3) is 4.90. The summed E-state index contributed by atoms with van der Waals surface area (Å²) < 4.78 is 40.6. The number of halogens is 1. The van der Waals surface area contributed by atoms with E-state index in [1.807, 2.05) is 6.26 Å². The summed E-state index contributed by atoms with van der Waals surface area (Å²) in [6.45, 7) is 0. The van der Waals surface area contributed by atoms with Crippen molar-refractivity contribution in [3.63, 3.8) is 0 Å². The number of carbonyl (C=O) groups excluding carboxylic acids is 1. The van der Waals surface area contributed by atoms with Crippen molar-refractivity contribution in [3.8, 4) is 0 Å². The zero-order valence-corrected chi connectivity index (χ0v) is 16.5. The molecule has 5 nitrogen and oxygen atoms in total. The minimum absolute atomic E-state index is 0.151. The van der Waals surface area contributed by atoms with Gasteiger partial charge >= 0.3 is 0 Å². The van der Waals surface area contributed by atoms with E-state index in [0.29, 0.717) is 16.9 Å². The predicted octanol–water partition coefficient (Wildman–Crippen LogP) is 4.60. The summed E-state index contributed by atoms with van der Waals surface area (Å²) in [5, 5.41) is 2.58. The smallest absolute Gasteiger partial charge is 0.261 e. The Bertz CT molecular complexity index is 1080. The quantitative estimate of drug-likeness (QED) is 0.576. The maximum atomic E-state index is 13.2. The van der Waals surface area contributed by atoms with E-state index in [2.05, 4.69) is 10.0 Å². The van der Waals surface area contributed by atoms with Gasteiger partial charge in [-0.25, -0.2) is 12.8 Å². The molecule has 0 aliphatic heterocycles. The average molecular weight is 416 g/mol. The average Bonchev–Trinajstić information content (AvgIpc) is 2.68. The van der Waals surface area contributed by atoms with Crippen LogP contribution in [0.3, 0.4) is 0 Å². The number of sulfonamides is 1. The molecule has 0 atom stereocenters. The highest BCUT2D eigenvalue weighted by molar-refractivity contribution is 7.98. The molecule has 0 bridgehead atoms. The monoisotopic (exact) mass is 416 g/mol. The van der Waals surface area contributed by atoms with Crippen LogP contribution < -0.4 is 10.0 Å². The molecule has 3 aromatic rings. The van der Waals surface area contributed by atoms with Gasteiger partial charge in [-0.15, -0.1) is 11.8 Å². The van der Waals surface area contributed by atoms with Crippen molar-refractivity contribution in [1.29, 1.82) is 0 Å². The van der Waals surface area contributed by atoms with E-state index < -0.39 is 21.7 Å². The highest BCUT2D eigenvalue weighted by Gasteiger charge is 2.14. The lowest BCUT2D eigenvalue weighted by Gasteiger charge is -2.10. The summed E-state index contributed by atoms with van der Waals surface area (Å²) in [6, 6.07) is 18.1. The van der Waals surface area contributed by atoms with Gasteiger partial charge in [0.05, 0.1) is 4.90 Å². The summed E-state index contributed by atoms with van der Waals surface area (Å²) in [5.41, 5.74) is 0.983. The molecule has 0 spiro atoms. The van der Waals surface area contributed by atoms with Crippen LogP contribution in [0.1, 0.15) is 10.4 Å². The first-order valence-electron chi connectivity index (χ1n) is 8.21. The fraction of sp³-hybridized carbons (Fsp3) is 0.0500. The molecule has 0 heterocycles. The third-order valence-corrected chi connectivity index (χ3v) is 5.99. The maximum Gasteiger partial charge on any atom is 0.261 e. The van der Waals surface area contributed by atoms with E-state index in [-0.39, 0.29) is 4.90 Å². The van der Waals surface area contributed by atoms with Crippen molar-refractivity contribution < 1.29 is 17.6 Å². The Labute approximate surface area is 167 Å². The van der Waals surface area contributed by atoms with Crippen LogP contribution in [-0.2, 0) is 10.0 Å². The molecule has 144 valence electrons. The highest BCUT2D eigenvalue weighted by Crippen LogP contribution is 2.21. The van der Waals surface area contributed by atoms with E-state index in [9.17, 15) is 17.6 Å². The minimum atomic E-state index is -3.73. The number of amides is 1. The van der Waals surface area contributed by atoms with E-state index in [0.717, 1.165) is 4.90 Å². The van der Waals surface area contributed by atoms with Crippen molar-refractivity contribution in [3.05, 3.63) is 84.2 Å². The molecule has 0 saturated heterocycles. The van der Waals surface area contributed by atoms with E-state index in [1.54, 1.807) is 18.2 Å². The summed E-state index contributed by atoms with van der Waals surface area (Å²) in [6.07, 6.45) is 1.91. The Balaban J connectivity index is 1.70. The molecule has 8 heteroatoms. The van der Waals surface area contributed by atoms with Crippen LogP contribution in [0.25, 0.3) is 0 Å². The number of carbonyl (C=O) groups is 1. The predicted molar refractivity (Wildman–Crippen MR) is 110 cm³/mol. The number of nitrogens with one attached hydrogen (secondary N) is 2. The molecule has 0 aromatic heterocycles. The molecule has 28 heavy (non-hydrogen) atoms. The van der Waals surface area contributed by atoms with Crippen molar-refractivity contribution in [2.45, 2.75) is 9.79 Å². The number of rotatable bonds is 6. The van der Waals surface area contributed by atoms with Gasteiger partial charge in [-0.05, 0) is 73.0 Å². The molecule has 1 amide bonds. The second-order valence-electron chi connectivity index (χ2n) is 5.82. The van der Waals surface area contributed by atoms with Crippen LogP contribution in [0, 0.1) is 5.82 Å². The van der Waals surface area contributed by atoms with Gasteiger partial charge in [0.2, 0.25) is 0 Å². The molecule has 0 aliphatic rings. The van der Waals surface area contributed by atoms with Crippen LogP contribution in [0.15, 0.2) is 82.6 Å². The van der Waals surface area contributed by atoms with Crippen LogP contribution >= 0.6 is 11.8 Å². The molecular formula is C20H17FN2O3S2. The van der Waals surface area contributed by atoms with Crippen molar-refractivity contribution in [2.24, 2.45) is 0 Å². The Morgan fingerprint density at radius 2 is 1.61 bits per heavy atom. The fourth-order valence-electron chi connectivity index (χ4n) is 2.43. The molecule has 3 rings (SSSR count). The molecule has 0 aliphatic carbocycles. The van der Waals surface area contributed by atoms with Crippen LogP contribution in [0.2, 0.25) is 0 Å². The SMILES string of the molecule is CSc1ccc(S(=O)(=O)Nc2ccc(C(=O)Nc3cccc(F)c3)cc2)cc1. The van der Waals surface area contributed by atoms with Crippen LogP contribution in [0.5, 0.6) is 0 Å². The van der Waals surface area contributed by atoms with Gasteiger partial charge in [0.1, 0.15) is 5.82 Å². The standard InChI is InChI=1S/C20H17FN2O3S2/c1-27-18-9-11-19(12-10-18)28(25,26)23-16-7-5-14(6-8-16)20(24)22-17-4-2-3-15(21)13-17/h2-13,23H,1H3,(H,22,24). The maximum absolute atomic E-state index is 13.2. The topological polar surface area (TPSA) is 75.3 Å². The highest BCUT2D eigenvalue weighted by atomic mass is 32.2. The Hall–Kier alpha value is -2.84. The molecule has 0 unspecified atom stereocenters. The summed E-state index contributed by atoms with van der Waals surface area (Å²) in [7, 11) is -3.73. The Morgan fingerprint density at radius 1 is 0.929 bits per heavy atom. The second kappa shape index (κ2) is 8.45. The van der Waals surface area contributed by atoms with E-state index in [1.165, 1.54) is 66.4 Å². The zero-order valence-electron chi connectivity index (χ0n) is 14.8. The van der Waals surface area contributed by atoms with Gasteiger partial charge in [0.15, 0.2) is 0 Å². The number of hydrogen-bond donors (Lipinski definition) is 2. The largest absolute Gasteiger partial charge is 0.322 e. The van der Waals surface area contributed by atoms with Gasteiger partial charge in [-0.3, -0.25) is 9.52 Å². The molecule has 2 N–H and O–H groups in total. The lowest BCUT2D eigenvalue weighted by molar-refractivity contribution is 0.102. The van der Waals surface area contributed by atoms with Crippen molar-refractivity contribution in [1.82, 2.24) is 0 Å². The van der Waals surface area contributed by atoms with Gasteiger partial charge < -0.3 is 5.32 Å². The summed E-state index contributed by atoms with van der Waals surface area (Å²) in [4.78, 5) is 13.3. The Kier molecular flexibility index (Phi) is 6.01. The number of anilines is 2. The molecule has 0 saturated carbocycles. The van der Waals surface area contributed by atoms with Crippen molar-refractivity contribution in [2.75, 3.05) is 16.3 Å².